The van der Waals surface area contributed by atoms with Crippen molar-refractivity contribution in [1.82, 2.24) is 10.1 Å². The lowest BCUT2D eigenvalue weighted by atomic mass is 10.2. The van der Waals surface area contributed by atoms with Gasteiger partial charge in [-0.05, 0) is 12.1 Å². The Bertz CT molecular complexity index is 611. The molecule has 20 heavy (non-hydrogen) atoms. The van der Waals surface area contributed by atoms with Gasteiger partial charge in [0.05, 0.1) is 6.54 Å². The zero-order chi connectivity index (χ0) is 14.8. The van der Waals surface area contributed by atoms with E-state index >= 15 is 0 Å². The molecule has 0 bridgehead atoms. The van der Waals surface area contributed by atoms with Gasteiger partial charge >= 0.3 is 12.1 Å². The maximum atomic E-state index is 12.5. The third-order valence-electron chi connectivity index (χ3n) is 2.34. The van der Waals surface area contributed by atoms with E-state index in [1.165, 1.54) is 12.3 Å². The van der Waals surface area contributed by atoms with Gasteiger partial charge in [0.15, 0.2) is 0 Å². The molecule has 2 heterocycles. The van der Waals surface area contributed by atoms with Crippen LogP contribution >= 0.6 is 0 Å². The van der Waals surface area contributed by atoms with Crippen LogP contribution in [0.15, 0.2) is 29.0 Å². The molecule has 2 aromatic heterocycles. The molecule has 0 saturated carbocycles. The van der Waals surface area contributed by atoms with Crippen LogP contribution in [0.25, 0.3) is 0 Å². The summed E-state index contributed by atoms with van der Waals surface area (Å²) in [5.74, 6) is -1.76. The number of hydrogen-bond donors (Lipinski definition) is 2. The molecule has 2 N–H and O–H groups in total. The summed E-state index contributed by atoms with van der Waals surface area (Å²) in [4.78, 5) is 14.2. The van der Waals surface area contributed by atoms with Gasteiger partial charge in [-0.2, -0.15) is 13.2 Å². The van der Waals surface area contributed by atoms with Gasteiger partial charge in [-0.25, -0.2) is 9.78 Å². The highest BCUT2D eigenvalue weighted by Gasteiger charge is 2.33. The van der Waals surface area contributed by atoms with Crippen molar-refractivity contribution < 1.29 is 27.6 Å². The summed E-state index contributed by atoms with van der Waals surface area (Å²) in [7, 11) is 0. The van der Waals surface area contributed by atoms with E-state index in [0.29, 0.717) is 11.8 Å². The molecule has 0 spiro atoms. The molecule has 9 heteroatoms. The number of aromatic carboxylic acids is 1. The van der Waals surface area contributed by atoms with Gasteiger partial charge in [0.1, 0.15) is 29.0 Å². The van der Waals surface area contributed by atoms with E-state index in [2.05, 4.69) is 20.0 Å². The smallest absolute Gasteiger partial charge is 0.433 e. The number of carboxylic acid groups (broad SMARTS) is 1. The second kappa shape index (κ2) is 5.19. The summed E-state index contributed by atoms with van der Waals surface area (Å²) >= 11 is 0. The second-order valence-corrected chi connectivity index (χ2v) is 3.74. The van der Waals surface area contributed by atoms with Gasteiger partial charge in [0, 0.05) is 6.07 Å². The molecule has 0 fully saturated rings. The van der Waals surface area contributed by atoms with Crippen molar-refractivity contribution in [1.29, 1.82) is 0 Å². The monoisotopic (exact) mass is 287 g/mol. The van der Waals surface area contributed by atoms with Gasteiger partial charge in [-0.1, -0.05) is 5.16 Å². The van der Waals surface area contributed by atoms with Crippen LogP contribution in [0.5, 0.6) is 0 Å². The summed E-state index contributed by atoms with van der Waals surface area (Å²) in [6.45, 7) is -0.00884. The number of nitrogens with one attached hydrogen (secondary N) is 1. The molecule has 0 aliphatic rings. The summed E-state index contributed by atoms with van der Waals surface area (Å²) in [6, 6.07) is 2.95. The lowest BCUT2D eigenvalue weighted by Gasteiger charge is -2.11. The van der Waals surface area contributed by atoms with Crippen LogP contribution in [-0.4, -0.2) is 21.2 Å². The Labute approximate surface area is 110 Å². The quantitative estimate of drug-likeness (QED) is 0.897. The third-order valence-corrected chi connectivity index (χ3v) is 2.34. The summed E-state index contributed by atoms with van der Waals surface area (Å²) in [5, 5.41) is 15.0. The Kier molecular flexibility index (Phi) is 3.59. The summed E-state index contributed by atoms with van der Waals surface area (Å²) in [6.07, 6.45) is -3.37. The number of hydrogen-bond acceptors (Lipinski definition) is 5. The Balaban J connectivity index is 2.29. The maximum absolute atomic E-state index is 12.5. The Morgan fingerprint density at radius 3 is 2.65 bits per heavy atom. The van der Waals surface area contributed by atoms with Gasteiger partial charge in [0.2, 0.25) is 0 Å². The van der Waals surface area contributed by atoms with Crippen LogP contribution in [0.3, 0.4) is 0 Å². The standard InChI is InChI=1S/C11H8F3N3O3/c12-11(13,14)8-2-1-7(10(18)19)9(16-8)15-5-6-3-4-20-17-6/h1-4H,5H2,(H,15,16)(H,18,19). The highest BCUT2D eigenvalue weighted by Crippen LogP contribution is 2.29. The topological polar surface area (TPSA) is 88.2 Å². The van der Waals surface area contributed by atoms with Crippen LogP contribution in [0.2, 0.25) is 0 Å². The van der Waals surface area contributed by atoms with E-state index in [9.17, 15) is 18.0 Å². The number of rotatable bonds is 4. The van der Waals surface area contributed by atoms with Gasteiger partial charge in [-0.15, -0.1) is 0 Å². The van der Waals surface area contributed by atoms with Crippen molar-refractivity contribution in [3.05, 3.63) is 41.4 Å². The number of carboxylic acids is 1. The predicted octanol–water partition coefficient (Wildman–Crippen LogP) is 2.40. The first-order chi connectivity index (χ1) is 9.38. The van der Waals surface area contributed by atoms with Gasteiger partial charge < -0.3 is 14.9 Å². The van der Waals surface area contributed by atoms with E-state index in [1.54, 1.807) is 0 Å². The molecule has 0 radical (unpaired) electrons. The Hall–Kier alpha value is -2.58. The van der Waals surface area contributed by atoms with E-state index in [4.69, 9.17) is 5.11 Å². The SMILES string of the molecule is O=C(O)c1ccc(C(F)(F)F)nc1NCc1ccon1. The molecule has 0 aliphatic carbocycles. The lowest BCUT2D eigenvalue weighted by Crippen LogP contribution is -2.14. The van der Waals surface area contributed by atoms with Crippen LogP contribution in [0.1, 0.15) is 21.7 Å². The highest BCUT2D eigenvalue weighted by atomic mass is 19.4. The number of nitrogens with zero attached hydrogens (tertiary/aromatic N) is 2. The van der Waals surface area contributed by atoms with Crippen molar-refractivity contribution in [3.63, 3.8) is 0 Å². The molecule has 0 unspecified atom stereocenters. The number of carbonyl (C=O) groups is 1. The van der Waals surface area contributed by atoms with Gasteiger partial charge in [-0.3, -0.25) is 0 Å². The van der Waals surface area contributed by atoms with Crippen LogP contribution in [-0.2, 0) is 12.7 Å². The molecule has 0 amide bonds. The number of pyridine rings is 1. The molecule has 2 rings (SSSR count). The van der Waals surface area contributed by atoms with Crippen LogP contribution in [0.4, 0.5) is 19.0 Å². The predicted molar refractivity (Wildman–Crippen MR) is 60.0 cm³/mol. The fourth-order valence-corrected chi connectivity index (χ4v) is 1.43. The fourth-order valence-electron chi connectivity index (χ4n) is 1.43. The number of alkyl halides is 3. The number of halogens is 3. The van der Waals surface area contributed by atoms with Crippen molar-refractivity contribution in [2.45, 2.75) is 12.7 Å². The highest BCUT2D eigenvalue weighted by molar-refractivity contribution is 5.93. The van der Waals surface area contributed by atoms with Crippen LogP contribution < -0.4 is 5.32 Å². The molecular formula is C11H8F3N3O3. The first-order valence-corrected chi connectivity index (χ1v) is 5.32. The van der Waals surface area contributed by atoms with Crippen molar-refractivity contribution in [2.24, 2.45) is 0 Å². The summed E-state index contributed by atoms with van der Waals surface area (Å²) < 4.78 is 42.2. The second-order valence-electron chi connectivity index (χ2n) is 3.74. The summed E-state index contributed by atoms with van der Waals surface area (Å²) in [5.41, 5.74) is -1.13. The fraction of sp³-hybridized carbons (Fsp3) is 0.182. The molecule has 0 atom stereocenters. The molecule has 0 saturated heterocycles. The lowest BCUT2D eigenvalue weighted by molar-refractivity contribution is -0.141. The van der Waals surface area contributed by atoms with E-state index in [1.807, 2.05) is 0 Å². The Morgan fingerprint density at radius 1 is 1.35 bits per heavy atom. The van der Waals surface area contributed by atoms with E-state index in [0.717, 1.165) is 6.07 Å². The molecule has 0 aromatic carbocycles. The minimum Gasteiger partial charge on any atom is -0.478 e. The average Bonchev–Trinajstić information content (AvgIpc) is 2.87. The minimum atomic E-state index is -4.65. The van der Waals surface area contributed by atoms with Crippen molar-refractivity contribution in [3.8, 4) is 0 Å². The third kappa shape index (κ3) is 3.05. The van der Waals surface area contributed by atoms with Crippen molar-refractivity contribution >= 4 is 11.8 Å². The largest absolute Gasteiger partial charge is 0.478 e. The van der Waals surface area contributed by atoms with Crippen molar-refractivity contribution in [2.75, 3.05) is 5.32 Å². The number of aromatic nitrogens is 2. The molecule has 6 nitrogen and oxygen atoms in total. The number of anilines is 1. The Morgan fingerprint density at radius 2 is 2.10 bits per heavy atom. The molecule has 0 aliphatic heterocycles. The maximum Gasteiger partial charge on any atom is 0.433 e. The molecule has 2 aromatic rings. The first-order valence-electron chi connectivity index (χ1n) is 5.32. The average molecular weight is 287 g/mol. The zero-order valence-electron chi connectivity index (χ0n) is 9.81. The van der Waals surface area contributed by atoms with E-state index < -0.39 is 17.8 Å². The zero-order valence-corrected chi connectivity index (χ0v) is 9.81. The van der Waals surface area contributed by atoms with E-state index in [-0.39, 0.29) is 17.9 Å². The minimum absolute atomic E-state index is 0.00884. The normalized spacial score (nSPS) is 11.3. The van der Waals surface area contributed by atoms with Crippen LogP contribution in [0, 0.1) is 0 Å². The molecule has 106 valence electrons. The first kappa shape index (κ1) is 13.8. The molecular weight excluding hydrogens is 279 g/mol. The van der Waals surface area contributed by atoms with Gasteiger partial charge in [0.25, 0.3) is 0 Å².